The van der Waals surface area contributed by atoms with Gasteiger partial charge in [0.2, 0.25) is 0 Å². The minimum absolute atomic E-state index is 0.339. The van der Waals surface area contributed by atoms with Gasteiger partial charge in [-0.25, -0.2) is 0 Å². The molecule has 0 saturated heterocycles. The molecule has 21 heavy (non-hydrogen) atoms. The van der Waals surface area contributed by atoms with Crippen LogP contribution in [0.3, 0.4) is 0 Å². The second kappa shape index (κ2) is 3.94. The summed E-state index contributed by atoms with van der Waals surface area (Å²) in [5.74, 6) is 0.339. The fourth-order valence-corrected chi connectivity index (χ4v) is 4.32. The first-order valence-corrected chi connectivity index (χ1v) is 7.90. The van der Waals surface area contributed by atoms with E-state index in [4.69, 9.17) is 0 Å². The monoisotopic (exact) mass is 272 g/mol. The van der Waals surface area contributed by atoms with E-state index >= 15 is 0 Å². The summed E-state index contributed by atoms with van der Waals surface area (Å²) in [7, 11) is 0. The summed E-state index contributed by atoms with van der Waals surface area (Å²) < 4.78 is 0. The number of rotatable bonds is 0. The van der Waals surface area contributed by atoms with Crippen LogP contribution in [0.4, 0.5) is 0 Å². The fraction of sp³-hybridized carbons (Fsp3) is 0.250. The normalized spacial score (nSPS) is 20.1. The Labute approximate surface area is 124 Å². The van der Waals surface area contributed by atoms with Crippen molar-refractivity contribution in [2.75, 3.05) is 0 Å². The number of ketones is 1. The molecule has 2 aromatic rings. The topological polar surface area (TPSA) is 17.1 Å². The summed E-state index contributed by atoms with van der Waals surface area (Å²) in [6, 6.07) is 13.0. The van der Waals surface area contributed by atoms with Crippen molar-refractivity contribution in [3.05, 3.63) is 58.7 Å². The van der Waals surface area contributed by atoms with Gasteiger partial charge in [-0.3, -0.25) is 4.79 Å². The molecule has 0 heterocycles. The molecule has 0 aromatic heterocycles. The number of carbonyl (C=O) groups is 1. The molecular formula is C20H16O. The van der Waals surface area contributed by atoms with Crippen LogP contribution in [0.2, 0.25) is 0 Å². The van der Waals surface area contributed by atoms with Crippen molar-refractivity contribution in [1.82, 2.24) is 0 Å². The zero-order valence-corrected chi connectivity index (χ0v) is 11.9. The largest absolute Gasteiger partial charge is 0.289 e. The second-order valence-corrected chi connectivity index (χ2v) is 6.31. The van der Waals surface area contributed by atoms with E-state index in [2.05, 4.69) is 36.4 Å². The standard InChI is InChI=1S/C20H16O/c21-20-15-8-2-1-3-9-16(20)19-14-11-5-7-12-6-4-10-13(17(12)14)18(15)19/h4-7,10-11H,1-3,8-9H2. The Balaban J connectivity index is 1.95. The van der Waals surface area contributed by atoms with Crippen molar-refractivity contribution in [1.29, 1.82) is 0 Å². The summed E-state index contributed by atoms with van der Waals surface area (Å²) in [5, 5.41) is 2.65. The maximum absolute atomic E-state index is 12.8. The average Bonchev–Trinajstić information content (AvgIpc) is 2.98. The molecule has 0 amide bonds. The van der Waals surface area contributed by atoms with E-state index in [0.717, 1.165) is 36.8 Å². The summed E-state index contributed by atoms with van der Waals surface area (Å²) in [6.07, 6.45) is 5.44. The van der Waals surface area contributed by atoms with Crippen molar-refractivity contribution in [2.24, 2.45) is 0 Å². The molecule has 3 aliphatic carbocycles. The maximum Gasteiger partial charge on any atom is 0.186 e. The summed E-state index contributed by atoms with van der Waals surface area (Å²) in [6.45, 7) is 0. The van der Waals surface area contributed by atoms with E-state index in [9.17, 15) is 4.79 Å². The van der Waals surface area contributed by atoms with Crippen molar-refractivity contribution >= 4 is 27.7 Å². The van der Waals surface area contributed by atoms with Crippen LogP contribution in [0.25, 0.3) is 21.9 Å². The summed E-state index contributed by atoms with van der Waals surface area (Å²) >= 11 is 0. The van der Waals surface area contributed by atoms with Gasteiger partial charge in [0, 0.05) is 11.1 Å². The lowest BCUT2D eigenvalue weighted by atomic mass is 9.92. The van der Waals surface area contributed by atoms with Crippen molar-refractivity contribution in [3.63, 3.8) is 0 Å². The highest BCUT2D eigenvalue weighted by molar-refractivity contribution is 6.38. The van der Waals surface area contributed by atoms with Gasteiger partial charge < -0.3 is 0 Å². The molecule has 2 bridgehead atoms. The van der Waals surface area contributed by atoms with E-state index in [1.165, 1.54) is 39.5 Å². The Morgan fingerprint density at radius 1 is 0.714 bits per heavy atom. The Bertz CT molecular complexity index is 813. The molecule has 0 spiro atoms. The van der Waals surface area contributed by atoms with E-state index < -0.39 is 0 Å². The number of allylic oxidation sites excluding steroid dienone is 4. The van der Waals surface area contributed by atoms with Crippen molar-refractivity contribution in [3.8, 4) is 0 Å². The molecule has 1 nitrogen and oxygen atoms in total. The van der Waals surface area contributed by atoms with Crippen LogP contribution in [0.5, 0.6) is 0 Å². The molecule has 1 fully saturated rings. The van der Waals surface area contributed by atoms with Crippen LogP contribution in [-0.2, 0) is 4.79 Å². The number of hydrogen-bond acceptors (Lipinski definition) is 1. The summed E-state index contributed by atoms with van der Waals surface area (Å²) in [5.41, 5.74) is 7.29. The predicted molar refractivity (Wildman–Crippen MR) is 85.9 cm³/mol. The number of hydrogen-bond donors (Lipinski definition) is 0. The van der Waals surface area contributed by atoms with Crippen LogP contribution in [0, 0.1) is 0 Å². The number of carbonyl (C=O) groups excluding carboxylic acids is 1. The van der Waals surface area contributed by atoms with E-state index in [1.54, 1.807) is 0 Å². The van der Waals surface area contributed by atoms with Gasteiger partial charge in [0.15, 0.2) is 5.78 Å². The minimum atomic E-state index is 0.339. The van der Waals surface area contributed by atoms with E-state index in [0.29, 0.717) is 5.78 Å². The highest BCUT2D eigenvalue weighted by Gasteiger charge is 2.38. The molecule has 2 aromatic carbocycles. The third kappa shape index (κ3) is 1.34. The summed E-state index contributed by atoms with van der Waals surface area (Å²) in [4.78, 5) is 12.8. The average molecular weight is 272 g/mol. The lowest BCUT2D eigenvalue weighted by Crippen LogP contribution is -2.06. The van der Waals surface area contributed by atoms with Crippen molar-refractivity contribution < 1.29 is 4.79 Å². The van der Waals surface area contributed by atoms with Crippen LogP contribution in [-0.4, -0.2) is 5.78 Å². The molecule has 0 N–H and O–H groups in total. The van der Waals surface area contributed by atoms with Crippen LogP contribution < -0.4 is 0 Å². The first kappa shape index (κ1) is 11.5. The lowest BCUT2D eigenvalue weighted by Gasteiger charge is -2.11. The smallest absolute Gasteiger partial charge is 0.186 e. The van der Waals surface area contributed by atoms with Gasteiger partial charge in [0.25, 0.3) is 0 Å². The van der Waals surface area contributed by atoms with Crippen LogP contribution in [0.1, 0.15) is 43.2 Å². The molecule has 3 aliphatic rings. The Morgan fingerprint density at radius 2 is 1.29 bits per heavy atom. The van der Waals surface area contributed by atoms with Gasteiger partial charge in [0.05, 0.1) is 0 Å². The number of benzene rings is 2. The van der Waals surface area contributed by atoms with E-state index in [1.807, 2.05) is 0 Å². The first-order chi connectivity index (χ1) is 10.4. The molecular weight excluding hydrogens is 256 g/mol. The zero-order valence-electron chi connectivity index (χ0n) is 11.9. The quantitative estimate of drug-likeness (QED) is 0.666. The molecule has 0 atom stereocenters. The van der Waals surface area contributed by atoms with Crippen LogP contribution >= 0.6 is 0 Å². The number of fused-ring (bicyclic) bond motifs is 5. The molecule has 0 unspecified atom stereocenters. The molecule has 1 saturated carbocycles. The van der Waals surface area contributed by atoms with Gasteiger partial charge >= 0.3 is 0 Å². The fourth-order valence-electron chi connectivity index (χ4n) is 4.32. The first-order valence-electron chi connectivity index (χ1n) is 7.90. The lowest BCUT2D eigenvalue weighted by molar-refractivity contribution is -0.112. The zero-order chi connectivity index (χ0) is 14.0. The second-order valence-electron chi connectivity index (χ2n) is 6.31. The highest BCUT2D eigenvalue weighted by Crippen LogP contribution is 2.54. The SMILES string of the molecule is O=C1C2=C3C(=C1CCCCC2)c1cccc2cccc3c12. The molecule has 0 aliphatic heterocycles. The van der Waals surface area contributed by atoms with Gasteiger partial charge in [-0.05, 0) is 58.7 Å². The van der Waals surface area contributed by atoms with E-state index in [-0.39, 0.29) is 0 Å². The Morgan fingerprint density at radius 3 is 1.86 bits per heavy atom. The predicted octanol–water partition coefficient (Wildman–Crippen LogP) is 4.91. The maximum atomic E-state index is 12.8. The van der Waals surface area contributed by atoms with Gasteiger partial charge in [-0.15, -0.1) is 0 Å². The van der Waals surface area contributed by atoms with Gasteiger partial charge in [-0.1, -0.05) is 42.8 Å². The third-order valence-corrected chi connectivity index (χ3v) is 5.20. The molecule has 102 valence electrons. The Hall–Kier alpha value is -2.15. The minimum Gasteiger partial charge on any atom is -0.289 e. The highest BCUT2D eigenvalue weighted by atomic mass is 16.1. The molecule has 0 radical (unpaired) electrons. The van der Waals surface area contributed by atoms with Crippen LogP contribution in [0.15, 0.2) is 47.5 Å². The van der Waals surface area contributed by atoms with Gasteiger partial charge in [-0.2, -0.15) is 0 Å². The molecule has 1 heteroatoms. The number of Topliss-reactive ketones (excluding diaryl/α,β-unsaturated/α-hetero) is 1. The Kier molecular flexibility index (Phi) is 2.16. The van der Waals surface area contributed by atoms with Gasteiger partial charge in [0.1, 0.15) is 0 Å². The third-order valence-electron chi connectivity index (χ3n) is 5.20. The van der Waals surface area contributed by atoms with Crippen molar-refractivity contribution in [2.45, 2.75) is 32.1 Å². The molecule has 5 rings (SSSR count).